The van der Waals surface area contributed by atoms with Crippen LogP contribution in [0.4, 0.5) is 11.4 Å². The van der Waals surface area contributed by atoms with Crippen LogP contribution in [0.3, 0.4) is 0 Å². The number of nitrogens with zero attached hydrogens (tertiary/aromatic N) is 3. The molecule has 1 N–H and O–H groups in total. The molecule has 3 aromatic carbocycles. The first-order valence-electron chi connectivity index (χ1n) is 12.2. The van der Waals surface area contributed by atoms with E-state index >= 15 is 0 Å². The minimum atomic E-state index is -4.53. The Labute approximate surface area is 247 Å². The van der Waals surface area contributed by atoms with E-state index in [0.29, 0.717) is 11.3 Å². The third-order valence-electron chi connectivity index (χ3n) is 6.41. The third kappa shape index (κ3) is 7.07. The van der Waals surface area contributed by atoms with Gasteiger partial charge in [0.1, 0.15) is 18.3 Å². The standard InChI is InChI=1S/C27H28Cl2N4O7S/c1-17-8-13-21(14-25(17)33(36)37)41(38,39)32(19-9-11-20(40-4)12-10-19)16-26(34)31(18(2)27(35)30-3)15-22-23(28)6-5-7-24(22)29/h5-14,18H,15-16H2,1-4H3,(H,30,35). The molecule has 0 saturated carbocycles. The number of nitrogens with one attached hydrogen (secondary N) is 1. The van der Waals surface area contributed by atoms with Gasteiger partial charge in [-0.25, -0.2) is 8.42 Å². The number of anilines is 1. The number of aryl methyl sites for hydroxylation is 1. The number of benzene rings is 3. The van der Waals surface area contributed by atoms with Gasteiger partial charge in [-0.2, -0.15) is 0 Å². The fourth-order valence-electron chi connectivity index (χ4n) is 4.00. The van der Waals surface area contributed by atoms with E-state index in [0.717, 1.165) is 15.3 Å². The molecule has 41 heavy (non-hydrogen) atoms. The van der Waals surface area contributed by atoms with E-state index in [4.69, 9.17) is 27.9 Å². The van der Waals surface area contributed by atoms with Crippen molar-refractivity contribution in [2.45, 2.75) is 31.3 Å². The smallest absolute Gasteiger partial charge is 0.273 e. The number of nitro benzene ring substituents is 1. The SMILES string of the molecule is CNC(=O)C(C)N(Cc1c(Cl)cccc1Cl)C(=O)CN(c1ccc(OC)cc1)S(=O)(=O)c1ccc(C)c([N+](=O)[O-])c1. The van der Waals surface area contributed by atoms with Gasteiger partial charge in [0.25, 0.3) is 15.7 Å². The summed E-state index contributed by atoms with van der Waals surface area (Å²) >= 11 is 12.7. The predicted molar refractivity (Wildman–Crippen MR) is 156 cm³/mol. The van der Waals surface area contributed by atoms with Crippen LogP contribution in [0.15, 0.2) is 65.6 Å². The van der Waals surface area contributed by atoms with Gasteiger partial charge in [0.15, 0.2) is 0 Å². The number of likely N-dealkylation sites (N-methyl/N-ethyl adjacent to an activating group) is 1. The Kier molecular flexibility index (Phi) is 10.2. The highest BCUT2D eigenvalue weighted by atomic mass is 35.5. The predicted octanol–water partition coefficient (Wildman–Crippen LogP) is 4.58. The molecule has 0 bridgehead atoms. The van der Waals surface area contributed by atoms with Gasteiger partial charge >= 0.3 is 0 Å². The fourth-order valence-corrected chi connectivity index (χ4v) is 5.95. The topological polar surface area (TPSA) is 139 Å². The molecule has 1 atom stereocenters. The van der Waals surface area contributed by atoms with Gasteiger partial charge in [-0.05, 0) is 56.3 Å². The van der Waals surface area contributed by atoms with Crippen LogP contribution in [0.2, 0.25) is 10.0 Å². The summed E-state index contributed by atoms with van der Waals surface area (Å²) in [6, 6.07) is 13.1. The fraction of sp³-hybridized carbons (Fsp3) is 0.259. The molecule has 0 radical (unpaired) electrons. The first-order chi connectivity index (χ1) is 19.3. The summed E-state index contributed by atoms with van der Waals surface area (Å²) in [6.07, 6.45) is 0. The molecule has 0 aromatic heterocycles. The summed E-state index contributed by atoms with van der Waals surface area (Å²) in [5.74, 6) is -0.820. The number of amides is 2. The number of hydrogen-bond donors (Lipinski definition) is 1. The summed E-state index contributed by atoms with van der Waals surface area (Å²) in [7, 11) is -1.68. The number of sulfonamides is 1. The first kappa shape index (κ1) is 31.7. The molecule has 0 aliphatic rings. The maximum atomic E-state index is 13.9. The Morgan fingerprint density at radius 1 is 1.07 bits per heavy atom. The molecule has 218 valence electrons. The second kappa shape index (κ2) is 13.2. The zero-order valence-corrected chi connectivity index (χ0v) is 25.0. The van der Waals surface area contributed by atoms with Crippen molar-refractivity contribution >= 4 is 56.4 Å². The number of carbonyl (C=O) groups is 2. The van der Waals surface area contributed by atoms with Crippen molar-refractivity contribution in [2.24, 2.45) is 0 Å². The van der Waals surface area contributed by atoms with Crippen molar-refractivity contribution in [3.05, 3.63) is 92.0 Å². The summed E-state index contributed by atoms with van der Waals surface area (Å²) in [6.45, 7) is 2.02. The molecule has 3 rings (SSSR count). The molecular weight excluding hydrogens is 595 g/mol. The van der Waals surface area contributed by atoms with Gasteiger partial charge in [0.2, 0.25) is 11.8 Å². The maximum Gasteiger partial charge on any atom is 0.273 e. The van der Waals surface area contributed by atoms with Crippen LogP contribution < -0.4 is 14.4 Å². The Bertz CT molecular complexity index is 1550. The molecule has 0 aliphatic heterocycles. The number of halogens is 2. The zero-order chi connectivity index (χ0) is 30.5. The molecule has 14 heteroatoms. The van der Waals surface area contributed by atoms with E-state index in [1.807, 2.05) is 0 Å². The van der Waals surface area contributed by atoms with Crippen LogP contribution >= 0.6 is 23.2 Å². The lowest BCUT2D eigenvalue weighted by Crippen LogP contribution is -2.50. The van der Waals surface area contributed by atoms with E-state index in [-0.39, 0.29) is 27.8 Å². The van der Waals surface area contributed by atoms with Crippen molar-refractivity contribution in [1.29, 1.82) is 0 Å². The van der Waals surface area contributed by atoms with E-state index in [9.17, 15) is 28.1 Å². The minimum Gasteiger partial charge on any atom is -0.497 e. The van der Waals surface area contributed by atoms with Gasteiger partial charge in [-0.3, -0.25) is 24.0 Å². The Hall–Kier alpha value is -3.87. The van der Waals surface area contributed by atoms with Crippen molar-refractivity contribution in [1.82, 2.24) is 10.2 Å². The maximum absolute atomic E-state index is 13.9. The Morgan fingerprint density at radius 3 is 2.22 bits per heavy atom. The highest BCUT2D eigenvalue weighted by Gasteiger charge is 2.33. The van der Waals surface area contributed by atoms with Gasteiger partial charge in [-0.1, -0.05) is 35.3 Å². The van der Waals surface area contributed by atoms with Gasteiger partial charge in [0, 0.05) is 40.8 Å². The molecule has 1 unspecified atom stereocenters. The molecule has 0 saturated heterocycles. The molecule has 2 amide bonds. The molecular formula is C27H28Cl2N4O7S. The van der Waals surface area contributed by atoms with Crippen LogP contribution in [-0.2, 0) is 26.2 Å². The average Bonchev–Trinajstić information content (AvgIpc) is 2.94. The Morgan fingerprint density at radius 2 is 1.68 bits per heavy atom. The highest BCUT2D eigenvalue weighted by molar-refractivity contribution is 7.92. The summed E-state index contributed by atoms with van der Waals surface area (Å²) in [4.78, 5) is 38.1. The van der Waals surface area contributed by atoms with E-state index in [2.05, 4.69) is 5.32 Å². The minimum absolute atomic E-state index is 0.0886. The molecule has 0 aliphatic carbocycles. The lowest BCUT2D eigenvalue weighted by atomic mass is 10.1. The average molecular weight is 624 g/mol. The molecule has 0 fully saturated rings. The number of carbonyl (C=O) groups excluding carboxylic acids is 2. The lowest BCUT2D eigenvalue weighted by Gasteiger charge is -2.32. The number of ether oxygens (including phenoxy) is 1. The normalized spacial score (nSPS) is 11.9. The monoisotopic (exact) mass is 622 g/mol. The first-order valence-corrected chi connectivity index (χ1v) is 14.4. The van der Waals surface area contributed by atoms with Crippen LogP contribution in [-0.4, -0.2) is 56.8 Å². The number of rotatable bonds is 11. The van der Waals surface area contributed by atoms with E-state index in [1.165, 1.54) is 64.4 Å². The van der Waals surface area contributed by atoms with Crippen molar-refractivity contribution < 1.29 is 27.7 Å². The van der Waals surface area contributed by atoms with Crippen molar-refractivity contribution in [3.63, 3.8) is 0 Å². The largest absolute Gasteiger partial charge is 0.497 e. The van der Waals surface area contributed by atoms with Crippen LogP contribution in [0.5, 0.6) is 5.75 Å². The van der Waals surface area contributed by atoms with Crippen LogP contribution in [0.1, 0.15) is 18.1 Å². The van der Waals surface area contributed by atoms with E-state index < -0.39 is 49.9 Å². The summed E-state index contributed by atoms with van der Waals surface area (Å²) < 4.78 is 33.9. The molecule has 3 aromatic rings. The van der Waals surface area contributed by atoms with Crippen molar-refractivity contribution in [2.75, 3.05) is 25.0 Å². The summed E-state index contributed by atoms with van der Waals surface area (Å²) in [5, 5.41) is 14.5. The van der Waals surface area contributed by atoms with Gasteiger partial charge in [0.05, 0.1) is 22.6 Å². The summed E-state index contributed by atoms with van der Waals surface area (Å²) in [5.41, 5.74) is 0.331. The second-order valence-corrected chi connectivity index (χ2v) is 11.6. The van der Waals surface area contributed by atoms with E-state index in [1.54, 1.807) is 18.2 Å². The number of hydrogen-bond acceptors (Lipinski definition) is 7. The highest BCUT2D eigenvalue weighted by Crippen LogP contribution is 2.30. The lowest BCUT2D eigenvalue weighted by molar-refractivity contribution is -0.385. The van der Waals surface area contributed by atoms with Crippen LogP contribution in [0, 0.1) is 17.0 Å². The quantitative estimate of drug-likeness (QED) is 0.244. The zero-order valence-electron chi connectivity index (χ0n) is 22.6. The molecule has 11 nitrogen and oxygen atoms in total. The van der Waals surface area contributed by atoms with Gasteiger partial charge in [-0.15, -0.1) is 0 Å². The third-order valence-corrected chi connectivity index (χ3v) is 8.89. The van der Waals surface area contributed by atoms with Crippen LogP contribution in [0.25, 0.3) is 0 Å². The molecule has 0 heterocycles. The number of nitro groups is 1. The van der Waals surface area contributed by atoms with Gasteiger partial charge < -0.3 is 15.0 Å². The number of methoxy groups -OCH3 is 1. The Balaban J connectivity index is 2.13. The van der Waals surface area contributed by atoms with Crippen molar-refractivity contribution in [3.8, 4) is 5.75 Å². The molecule has 0 spiro atoms. The second-order valence-electron chi connectivity index (χ2n) is 8.93.